The molecule has 1 aliphatic heterocycles. The van der Waals surface area contributed by atoms with Crippen molar-refractivity contribution in [3.63, 3.8) is 0 Å². The smallest absolute Gasteiger partial charge is 0.248 e. The summed E-state index contributed by atoms with van der Waals surface area (Å²) in [6, 6.07) is 5.68. The number of nitrogens with zero attached hydrogens (tertiary/aromatic N) is 2. The minimum atomic E-state index is -0.350. The van der Waals surface area contributed by atoms with Crippen LogP contribution in [0.3, 0.4) is 0 Å². The minimum absolute atomic E-state index is 0.0734. The molecule has 1 heterocycles. The number of anilines is 1. The highest BCUT2D eigenvalue weighted by atomic mass is 19.1. The number of hydrogen-bond donors (Lipinski definition) is 1. The van der Waals surface area contributed by atoms with Gasteiger partial charge in [-0.15, -0.1) is 0 Å². The van der Waals surface area contributed by atoms with Gasteiger partial charge in [0.2, 0.25) is 11.8 Å². The third-order valence-corrected chi connectivity index (χ3v) is 3.13. The number of carbonyl (C=O) groups excluding carboxylic acids is 2. The molecule has 1 fully saturated rings. The molecule has 1 aromatic rings. The number of carbonyl (C=O) groups is 2. The highest BCUT2D eigenvalue weighted by Gasteiger charge is 2.31. The van der Waals surface area contributed by atoms with Gasteiger partial charge in [0.1, 0.15) is 19.0 Å². The van der Waals surface area contributed by atoms with Crippen LogP contribution < -0.4 is 10.2 Å². The van der Waals surface area contributed by atoms with Crippen molar-refractivity contribution < 1.29 is 14.0 Å². The molecular formula is C14H18FN3O2. The first-order valence-corrected chi connectivity index (χ1v) is 6.66. The van der Waals surface area contributed by atoms with Gasteiger partial charge in [0.05, 0.1) is 6.54 Å². The normalized spacial score (nSPS) is 15.0. The van der Waals surface area contributed by atoms with E-state index in [1.54, 1.807) is 0 Å². The SMILES string of the molecule is CCCNCC(=O)N1CC(=O)N(c2ccc(F)cc2)C1. The van der Waals surface area contributed by atoms with Crippen molar-refractivity contribution in [1.82, 2.24) is 10.2 Å². The maximum atomic E-state index is 12.9. The summed E-state index contributed by atoms with van der Waals surface area (Å²) < 4.78 is 12.9. The van der Waals surface area contributed by atoms with Crippen LogP contribution in [0, 0.1) is 5.82 Å². The third-order valence-electron chi connectivity index (χ3n) is 3.13. The maximum absolute atomic E-state index is 12.9. The van der Waals surface area contributed by atoms with Gasteiger partial charge in [0, 0.05) is 5.69 Å². The predicted octanol–water partition coefficient (Wildman–Crippen LogP) is 0.958. The molecule has 1 aromatic carbocycles. The van der Waals surface area contributed by atoms with Gasteiger partial charge in [0.25, 0.3) is 0 Å². The van der Waals surface area contributed by atoms with Crippen molar-refractivity contribution in [3.05, 3.63) is 30.1 Å². The molecule has 1 N–H and O–H groups in total. The third kappa shape index (κ3) is 3.33. The molecule has 1 aliphatic rings. The molecule has 2 rings (SSSR count). The Morgan fingerprint density at radius 3 is 2.70 bits per heavy atom. The summed E-state index contributed by atoms with van der Waals surface area (Å²) in [5.41, 5.74) is 0.605. The number of benzene rings is 1. The molecule has 0 unspecified atom stereocenters. The van der Waals surface area contributed by atoms with E-state index < -0.39 is 0 Å². The Kier molecular flexibility index (Phi) is 4.68. The van der Waals surface area contributed by atoms with Gasteiger partial charge in [-0.2, -0.15) is 0 Å². The van der Waals surface area contributed by atoms with Crippen LogP contribution in [0.25, 0.3) is 0 Å². The molecule has 0 spiro atoms. The van der Waals surface area contributed by atoms with E-state index in [9.17, 15) is 14.0 Å². The summed E-state index contributed by atoms with van der Waals surface area (Å²) in [4.78, 5) is 26.8. The van der Waals surface area contributed by atoms with Crippen LogP contribution in [0.4, 0.5) is 10.1 Å². The molecular weight excluding hydrogens is 261 g/mol. The van der Waals surface area contributed by atoms with Crippen molar-refractivity contribution in [3.8, 4) is 0 Å². The average Bonchev–Trinajstić information content (AvgIpc) is 2.82. The van der Waals surface area contributed by atoms with Crippen molar-refractivity contribution in [2.75, 3.05) is 31.2 Å². The summed E-state index contributed by atoms with van der Waals surface area (Å²) in [5, 5.41) is 3.02. The van der Waals surface area contributed by atoms with Gasteiger partial charge in [-0.1, -0.05) is 6.92 Å². The van der Waals surface area contributed by atoms with Crippen LogP contribution >= 0.6 is 0 Å². The van der Waals surface area contributed by atoms with E-state index in [0.29, 0.717) is 5.69 Å². The van der Waals surface area contributed by atoms with E-state index in [-0.39, 0.29) is 37.4 Å². The van der Waals surface area contributed by atoms with E-state index in [4.69, 9.17) is 0 Å². The fraction of sp³-hybridized carbons (Fsp3) is 0.429. The van der Waals surface area contributed by atoms with Gasteiger partial charge >= 0.3 is 0 Å². The van der Waals surface area contributed by atoms with Crippen LogP contribution in [-0.2, 0) is 9.59 Å². The van der Waals surface area contributed by atoms with Gasteiger partial charge in [-0.25, -0.2) is 4.39 Å². The Bertz CT molecular complexity index is 490. The molecule has 0 bridgehead atoms. The van der Waals surface area contributed by atoms with Crippen LogP contribution in [-0.4, -0.2) is 43.0 Å². The Morgan fingerprint density at radius 2 is 2.05 bits per heavy atom. The second-order valence-corrected chi connectivity index (χ2v) is 4.71. The summed E-state index contributed by atoms with van der Waals surface area (Å²) in [6.07, 6.45) is 0.952. The van der Waals surface area contributed by atoms with Crippen LogP contribution in [0.5, 0.6) is 0 Å². The van der Waals surface area contributed by atoms with Gasteiger partial charge < -0.3 is 10.2 Å². The molecule has 0 radical (unpaired) electrons. The lowest BCUT2D eigenvalue weighted by Crippen LogP contribution is -2.38. The highest BCUT2D eigenvalue weighted by Crippen LogP contribution is 2.19. The van der Waals surface area contributed by atoms with Gasteiger partial charge in [-0.3, -0.25) is 14.5 Å². The lowest BCUT2D eigenvalue weighted by molar-refractivity contribution is -0.130. The number of rotatable bonds is 5. The molecule has 5 nitrogen and oxygen atoms in total. The Hall–Kier alpha value is -1.95. The summed E-state index contributed by atoms with van der Waals surface area (Å²) in [5.74, 6) is -0.603. The monoisotopic (exact) mass is 279 g/mol. The molecule has 108 valence electrons. The molecule has 1 saturated heterocycles. The van der Waals surface area contributed by atoms with Gasteiger partial charge in [-0.05, 0) is 37.2 Å². The van der Waals surface area contributed by atoms with Crippen molar-refractivity contribution in [2.45, 2.75) is 13.3 Å². The summed E-state index contributed by atoms with van der Waals surface area (Å²) in [6.45, 7) is 3.32. The molecule has 20 heavy (non-hydrogen) atoms. The van der Waals surface area contributed by atoms with Crippen LogP contribution in [0.2, 0.25) is 0 Å². The number of amides is 2. The van der Waals surface area contributed by atoms with Crippen LogP contribution in [0.1, 0.15) is 13.3 Å². The zero-order chi connectivity index (χ0) is 14.5. The fourth-order valence-electron chi connectivity index (χ4n) is 2.05. The number of halogens is 1. The first-order valence-electron chi connectivity index (χ1n) is 6.66. The fourth-order valence-corrected chi connectivity index (χ4v) is 2.05. The second kappa shape index (κ2) is 6.47. The number of hydrogen-bond acceptors (Lipinski definition) is 3. The molecule has 2 amide bonds. The van der Waals surface area contributed by atoms with Crippen LogP contribution in [0.15, 0.2) is 24.3 Å². The zero-order valence-electron chi connectivity index (χ0n) is 11.4. The molecule has 0 aliphatic carbocycles. The second-order valence-electron chi connectivity index (χ2n) is 4.71. The maximum Gasteiger partial charge on any atom is 0.248 e. The highest BCUT2D eigenvalue weighted by molar-refractivity contribution is 6.00. The quantitative estimate of drug-likeness (QED) is 0.817. The lowest BCUT2D eigenvalue weighted by Gasteiger charge is -2.18. The Morgan fingerprint density at radius 1 is 1.35 bits per heavy atom. The van der Waals surface area contributed by atoms with E-state index in [1.165, 1.54) is 34.1 Å². The van der Waals surface area contributed by atoms with E-state index in [0.717, 1.165) is 13.0 Å². The van der Waals surface area contributed by atoms with E-state index in [2.05, 4.69) is 5.32 Å². The minimum Gasteiger partial charge on any atom is -0.314 e. The Labute approximate surface area is 117 Å². The first kappa shape index (κ1) is 14.5. The molecule has 0 aromatic heterocycles. The summed E-state index contributed by atoms with van der Waals surface area (Å²) >= 11 is 0. The standard InChI is InChI=1S/C14H18FN3O2/c1-2-7-16-8-13(19)17-9-14(20)18(10-17)12-5-3-11(15)4-6-12/h3-6,16H,2,7-10H2,1H3. The van der Waals surface area contributed by atoms with Gasteiger partial charge in [0.15, 0.2) is 0 Å². The predicted molar refractivity (Wildman–Crippen MR) is 73.6 cm³/mol. The lowest BCUT2D eigenvalue weighted by atomic mass is 10.3. The molecule has 6 heteroatoms. The topological polar surface area (TPSA) is 52.7 Å². The zero-order valence-corrected chi connectivity index (χ0v) is 11.4. The molecule has 0 atom stereocenters. The number of nitrogens with one attached hydrogen (secondary N) is 1. The van der Waals surface area contributed by atoms with E-state index in [1.807, 2.05) is 6.92 Å². The average molecular weight is 279 g/mol. The largest absolute Gasteiger partial charge is 0.314 e. The first-order chi connectivity index (χ1) is 9.61. The van der Waals surface area contributed by atoms with Crippen molar-refractivity contribution in [1.29, 1.82) is 0 Å². The Balaban J connectivity index is 1.96. The molecule has 0 saturated carbocycles. The van der Waals surface area contributed by atoms with Crippen molar-refractivity contribution >= 4 is 17.5 Å². The van der Waals surface area contributed by atoms with E-state index >= 15 is 0 Å². The van der Waals surface area contributed by atoms with Crippen molar-refractivity contribution in [2.24, 2.45) is 0 Å². The summed E-state index contributed by atoms with van der Waals surface area (Å²) in [7, 11) is 0.